The molecular weight excluding hydrogens is 701 g/mol. The molecule has 0 saturated carbocycles. The van der Waals surface area contributed by atoms with Crippen LogP contribution in [0.5, 0.6) is 0 Å². The van der Waals surface area contributed by atoms with E-state index in [9.17, 15) is 0 Å². The molecule has 0 saturated heterocycles. The van der Waals surface area contributed by atoms with Crippen molar-refractivity contribution in [2.45, 2.75) is 0 Å². The molecule has 0 fully saturated rings. The number of nitrogens with zero attached hydrogens (tertiary/aromatic N) is 2. The second-order valence-corrected chi connectivity index (χ2v) is 15.0. The van der Waals surface area contributed by atoms with Crippen LogP contribution in [-0.2, 0) is 0 Å². The van der Waals surface area contributed by atoms with E-state index in [1.807, 2.05) is 0 Å². The van der Waals surface area contributed by atoms with Crippen molar-refractivity contribution >= 4 is 60.4 Å². The van der Waals surface area contributed by atoms with Gasteiger partial charge in [-0.3, -0.25) is 0 Å². The number of fused-ring (bicyclic) bond motifs is 5. The van der Waals surface area contributed by atoms with Gasteiger partial charge >= 0.3 is 0 Å². The number of para-hydroxylation sites is 4. The van der Waals surface area contributed by atoms with E-state index in [1.165, 1.54) is 65.6 Å². The molecule has 0 N–H and O–H groups in total. The molecule has 0 radical (unpaired) electrons. The minimum Gasteiger partial charge on any atom is -0.310 e. The van der Waals surface area contributed by atoms with Gasteiger partial charge in [0, 0.05) is 33.3 Å². The summed E-state index contributed by atoms with van der Waals surface area (Å²) in [7, 11) is 0. The molecule has 0 aliphatic heterocycles. The zero-order valence-corrected chi connectivity index (χ0v) is 31.8. The monoisotopic (exact) mass is 738 g/mol. The third kappa shape index (κ3) is 5.82. The average molecular weight is 739 g/mol. The molecule has 0 atom stereocenters. The van der Waals surface area contributed by atoms with Gasteiger partial charge < -0.3 is 9.47 Å². The first-order chi connectivity index (χ1) is 28.8. The predicted molar refractivity (Wildman–Crippen MR) is 247 cm³/mol. The third-order valence-corrected chi connectivity index (χ3v) is 11.6. The van der Waals surface area contributed by atoms with E-state index in [0.29, 0.717) is 0 Å². The summed E-state index contributed by atoms with van der Waals surface area (Å²) in [4.78, 5) is 2.42. The minimum atomic E-state index is 1.09. The average Bonchev–Trinajstić information content (AvgIpc) is 3.63. The topological polar surface area (TPSA) is 8.17 Å². The fourth-order valence-corrected chi connectivity index (χ4v) is 8.77. The fourth-order valence-electron chi connectivity index (χ4n) is 8.77. The van der Waals surface area contributed by atoms with Gasteiger partial charge in [-0.25, -0.2) is 0 Å². The van der Waals surface area contributed by atoms with Crippen molar-refractivity contribution in [2.24, 2.45) is 0 Å². The number of hydrogen-bond donors (Lipinski definition) is 0. The Hall–Kier alpha value is -7.68. The van der Waals surface area contributed by atoms with Crippen molar-refractivity contribution < 1.29 is 0 Å². The maximum atomic E-state index is 2.43. The van der Waals surface area contributed by atoms with Crippen LogP contribution >= 0.6 is 0 Å². The maximum absolute atomic E-state index is 2.43. The number of hydrogen-bond acceptors (Lipinski definition) is 1. The number of anilines is 3. The van der Waals surface area contributed by atoms with E-state index in [-0.39, 0.29) is 0 Å². The van der Waals surface area contributed by atoms with Crippen LogP contribution in [0.2, 0.25) is 0 Å². The van der Waals surface area contributed by atoms with Gasteiger partial charge in [0.1, 0.15) is 0 Å². The van der Waals surface area contributed by atoms with Crippen LogP contribution in [0.15, 0.2) is 231 Å². The molecule has 0 aliphatic carbocycles. The Kier molecular flexibility index (Phi) is 8.19. The summed E-state index contributed by atoms with van der Waals surface area (Å²) in [5, 5.41) is 7.47. The second kappa shape index (κ2) is 14.1. The summed E-state index contributed by atoms with van der Waals surface area (Å²) in [6.07, 6.45) is 0. The van der Waals surface area contributed by atoms with Crippen molar-refractivity contribution in [3.05, 3.63) is 231 Å². The highest BCUT2D eigenvalue weighted by atomic mass is 15.1. The van der Waals surface area contributed by atoms with Crippen molar-refractivity contribution in [2.75, 3.05) is 4.90 Å². The van der Waals surface area contributed by atoms with E-state index >= 15 is 0 Å². The third-order valence-electron chi connectivity index (χ3n) is 11.6. The Morgan fingerprint density at radius 2 is 0.793 bits per heavy atom. The molecule has 272 valence electrons. The molecule has 10 aromatic carbocycles. The van der Waals surface area contributed by atoms with Crippen LogP contribution in [0.1, 0.15) is 0 Å². The van der Waals surface area contributed by atoms with Crippen LogP contribution in [0.3, 0.4) is 0 Å². The molecule has 0 unspecified atom stereocenters. The van der Waals surface area contributed by atoms with E-state index in [0.717, 1.165) is 33.9 Å². The first-order valence-corrected chi connectivity index (χ1v) is 19.9. The van der Waals surface area contributed by atoms with Gasteiger partial charge in [0.2, 0.25) is 0 Å². The van der Waals surface area contributed by atoms with Crippen LogP contribution in [0.4, 0.5) is 17.1 Å². The first-order valence-electron chi connectivity index (χ1n) is 19.9. The summed E-state index contributed by atoms with van der Waals surface area (Å²) < 4.78 is 2.43. The molecule has 58 heavy (non-hydrogen) atoms. The number of rotatable bonds is 7. The highest BCUT2D eigenvalue weighted by molar-refractivity contribution is 6.10. The SMILES string of the molecule is c1cc(-c2ccc3ccccc3c2)cc(N(c2ccc(-c3ccc4ccccc4c3)cc2)c2ccccc2-c2ccccc2-n2c3ccccc3c3ccccc32)c1. The quantitative estimate of drug-likeness (QED) is 0.158. The van der Waals surface area contributed by atoms with Crippen molar-refractivity contribution in [3.63, 3.8) is 0 Å². The molecule has 0 amide bonds. The molecule has 1 aromatic heterocycles. The van der Waals surface area contributed by atoms with Crippen molar-refractivity contribution in [1.82, 2.24) is 4.57 Å². The highest BCUT2D eigenvalue weighted by Gasteiger charge is 2.21. The normalized spacial score (nSPS) is 11.4. The standard InChI is InChI=1S/C56H38N2/c1-3-16-42-36-45(30-28-39(42)14-1)41-32-34-47(35-33-41)57(48-19-13-18-44(38-48)46-31-29-40-15-2-4-17-43(40)37-46)53-24-9-5-20-49(53)50-21-6-10-25-54(50)58-55-26-11-7-22-51(55)52-23-8-12-27-56(52)58/h1-38H. The van der Waals surface area contributed by atoms with Gasteiger partial charge in [-0.05, 0) is 104 Å². The number of benzene rings is 10. The first kappa shape index (κ1) is 33.6. The molecule has 11 rings (SSSR count). The zero-order chi connectivity index (χ0) is 38.4. The van der Waals surface area contributed by atoms with Gasteiger partial charge in [0.15, 0.2) is 0 Å². The predicted octanol–water partition coefficient (Wildman–Crippen LogP) is 15.6. The molecule has 0 aliphatic rings. The van der Waals surface area contributed by atoms with Crippen LogP contribution in [0, 0.1) is 0 Å². The van der Waals surface area contributed by atoms with E-state index in [2.05, 4.69) is 240 Å². The van der Waals surface area contributed by atoms with Crippen molar-refractivity contribution in [1.29, 1.82) is 0 Å². The Balaban J connectivity index is 1.10. The lowest BCUT2D eigenvalue weighted by Crippen LogP contribution is -2.11. The van der Waals surface area contributed by atoms with Gasteiger partial charge in [0.25, 0.3) is 0 Å². The molecule has 0 spiro atoms. The lowest BCUT2D eigenvalue weighted by atomic mass is 9.97. The van der Waals surface area contributed by atoms with Crippen LogP contribution < -0.4 is 4.90 Å². The molecule has 2 heteroatoms. The number of aromatic nitrogens is 1. The summed E-state index contributed by atoms with van der Waals surface area (Å²) in [5.74, 6) is 0. The maximum Gasteiger partial charge on any atom is 0.0541 e. The van der Waals surface area contributed by atoms with Crippen LogP contribution in [-0.4, -0.2) is 4.57 Å². The summed E-state index contributed by atoms with van der Waals surface area (Å²) in [5.41, 5.74) is 13.9. The smallest absolute Gasteiger partial charge is 0.0541 e. The Labute approximate surface area is 338 Å². The van der Waals surface area contributed by atoms with Gasteiger partial charge in [-0.15, -0.1) is 0 Å². The lowest BCUT2D eigenvalue weighted by molar-refractivity contribution is 1.18. The van der Waals surface area contributed by atoms with Crippen molar-refractivity contribution in [3.8, 4) is 39.1 Å². The lowest BCUT2D eigenvalue weighted by Gasteiger charge is -2.29. The zero-order valence-electron chi connectivity index (χ0n) is 31.8. The molecular formula is C56H38N2. The van der Waals surface area contributed by atoms with Crippen LogP contribution in [0.25, 0.3) is 82.4 Å². The Morgan fingerprint density at radius 1 is 0.293 bits per heavy atom. The Morgan fingerprint density at radius 3 is 1.47 bits per heavy atom. The van der Waals surface area contributed by atoms with E-state index < -0.39 is 0 Å². The van der Waals surface area contributed by atoms with Gasteiger partial charge in [0.05, 0.1) is 22.4 Å². The largest absolute Gasteiger partial charge is 0.310 e. The Bertz CT molecular complexity index is 3240. The van der Waals surface area contributed by atoms with Gasteiger partial charge in [-0.1, -0.05) is 170 Å². The molecule has 0 bridgehead atoms. The molecule has 11 aromatic rings. The summed E-state index contributed by atoms with van der Waals surface area (Å²) in [6.45, 7) is 0. The molecule has 1 heterocycles. The van der Waals surface area contributed by atoms with E-state index in [4.69, 9.17) is 0 Å². The highest BCUT2D eigenvalue weighted by Crippen LogP contribution is 2.45. The summed E-state index contributed by atoms with van der Waals surface area (Å²) >= 11 is 0. The van der Waals surface area contributed by atoms with Gasteiger partial charge in [-0.2, -0.15) is 0 Å². The molecule has 2 nitrogen and oxygen atoms in total. The summed E-state index contributed by atoms with van der Waals surface area (Å²) in [6, 6.07) is 83.8. The second-order valence-electron chi connectivity index (χ2n) is 15.0. The van der Waals surface area contributed by atoms with E-state index in [1.54, 1.807) is 0 Å². The minimum absolute atomic E-state index is 1.09. The fraction of sp³-hybridized carbons (Fsp3) is 0.